The van der Waals surface area contributed by atoms with Gasteiger partial charge in [0.25, 0.3) is 0 Å². The van der Waals surface area contributed by atoms with E-state index < -0.39 is 0 Å². The van der Waals surface area contributed by atoms with Gasteiger partial charge in [-0.15, -0.1) is 13.2 Å². The van der Waals surface area contributed by atoms with E-state index in [4.69, 9.17) is 0 Å². The van der Waals surface area contributed by atoms with Gasteiger partial charge in [-0.05, 0) is 54.5 Å². The summed E-state index contributed by atoms with van der Waals surface area (Å²) < 4.78 is 0. The second-order valence-corrected chi connectivity index (χ2v) is 4.04. The third kappa shape index (κ3) is 2.33. The number of allylic oxidation sites excluding steroid dienone is 2. The third-order valence-electron chi connectivity index (χ3n) is 3.10. The van der Waals surface area contributed by atoms with Crippen molar-refractivity contribution in [3.05, 3.63) is 65.8 Å². The molecule has 1 rings (SSSR count). The van der Waals surface area contributed by atoms with E-state index in [1.54, 1.807) is 0 Å². The van der Waals surface area contributed by atoms with Crippen molar-refractivity contribution in [3.63, 3.8) is 0 Å². The summed E-state index contributed by atoms with van der Waals surface area (Å²) in [5, 5.41) is 0. The highest BCUT2D eigenvalue weighted by Crippen LogP contribution is 2.24. The van der Waals surface area contributed by atoms with E-state index in [2.05, 4.69) is 39.7 Å². The van der Waals surface area contributed by atoms with Crippen LogP contribution in [0.2, 0.25) is 0 Å². The highest BCUT2D eigenvalue weighted by Gasteiger charge is 2.09. The van der Waals surface area contributed by atoms with Crippen LogP contribution in [0.3, 0.4) is 0 Å². The van der Waals surface area contributed by atoms with Crippen molar-refractivity contribution in [3.8, 4) is 0 Å². The van der Waals surface area contributed by atoms with E-state index in [-0.39, 0.29) is 0 Å². The second kappa shape index (κ2) is 5.50. The molecule has 0 nitrogen and oxygen atoms in total. The predicted octanol–water partition coefficient (Wildman–Crippen LogP) is 4.40. The molecule has 0 N–H and O–H groups in total. The molecule has 0 heterocycles. The summed E-state index contributed by atoms with van der Waals surface area (Å²) >= 11 is 0. The molecule has 0 aliphatic rings. The van der Waals surface area contributed by atoms with Crippen LogP contribution in [-0.4, -0.2) is 0 Å². The first-order valence-corrected chi connectivity index (χ1v) is 5.61. The highest BCUT2D eigenvalue weighted by molar-refractivity contribution is 5.58. The molecule has 1 aromatic rings. The molecule has 0 saturated carbocycles. The van der Waals surface area contributed by atoms with Gasteiger partial charge >= 0.3 is 0 Å². The van der Waals surface area contributed by atoms with Crippen LogP contribution in [0.25, 0.3) is 6.08 Å². The average molecular weight is 212 g/mol. The van der Waals surface area contributed by atoms with Gasteiger partial charge in [0.1, 0.15) is 0 Å². The van der Waals surface area contributed by atoms with E-state index in [9.17, 15) is 0 Å². The van der Waals surface area contributed by atoms with Crippen molar-refractivity contribution in [2.45, 2.75) is 26.7 Å². The Labute approximate surface area is 99.0 Å². The summed E-state index contributed by atoms with van der Waals surface area (Å²) in [4.78, 5) is 0. The lowest BCUT2D eigenvalue weighted by molar-refractivity contribution is 1.10. The van der Waals surface area contributed by atoms with Gasteiger partial charge in [0.2, 0.25) is 0 Å². The molecule has 0 heteroatoms. The zero-order valence-corrected chi connectivity index (χ0v) is 10.3. The first-order chi connectivity index (χ1) is 7.65. The Morgan fingerprint density at radius 3 is 2.12 bits per heavy atom. The van der Waals surface area contributed by atoms with Crippen LogP contribution < -0.4 is 0 Å². The minimum Gasteiger partial charge on any atom is -0.103 e. The van der Waals surface area contributed by atoms with Crippen LogP contribution in [0.15, 0.2) is 38.0 Å². The lowest BCUT2D eigenvalue weighted by Crippen LogP contribution is -2.00. The van der Waals surface area contributed by atoms with Crippen LogP contribution in [0.1, 0.15) is 27.8 Å². The predicted molar refractivity (Wildman–Crippen MR) is 73.8 cm³/mol. The lowest BCUT2D eigenvalue weighted by atomic mass is 9.90. The molecule has 16 heavy (non-hydrogen) atoms. The molecular formula is C16H20. The van der Waals surface area contributed by atoms with Crippen LogP contribution in [0.5, 0.6) is 0 Å². The fourth-order valence-electron chi connectivity index (χ4n) is 2.04. The molecule has 0 aliphatic heterocycles. The Balaban J connectivity index is 3.43. The largest absolute Gasteiger partial charge is 0.103 e. The molecule has 84 valence electrons. The van der Waals surface area contributed by atoms with E-state index in [0.29, 0.717) is 0 Å². The first-order valence-electron chi connectivity index (χ1n) is 5.61. The van der Waals surface area contributed by atoms with Crippen molar-refractivity contribution in [2.24, 2.45) is 0 Å². The molecule has 0 saturated heterocycles. The Kier molecular flexibility index (Phi) is 4.30. The van der Waals surface area contributed by atoms with Crippen LogP contribution in [0, 0.1) is 13.8 Å². The fourth-order valence-corrected chi connectivity index (χ4v) is 2.04. The topological polar surface area (TPSA) is 0 Å². The molecule has 0 bridgehead atoms. The van der Waals surface area contributed by atoms with Gasteiger partial charge in [-0.2, -0.15) is 0 Å². The Hall–Kier alpha value is -1.56. The van der Waals surface area contributed by atoms with E-state index in [0.717, 1.165) is 12.8 Å². The summed E-state index contributed by atoms with van der Waals surface area (Å²) in [7, 11) is 0. The van der Waals surface area contributed by atoms with Gasteiger partial charge in [0, 0.05) is 0 Å². The maximum absolute atomic E-state index is 3.86. The van der Waals surface area contributed by atoms with Crippen molar-refractivity contribution in [1.82, 2.24) is 0 Å². The van der Waals surface area contributed by atoms with Gasteiger partial charge in [-0.1, -0.05) is 30.9 Å². The van der Waals surface area contributed by atoms with Crippen molar-refractivity contribution in [2.75, 3.05) is 0 Å². The maximum Gasteiger partial charge on any atom is -0.00946 e. The standard InChI is InChI=1S/C16H20/c1-6-9-15-11-14(8-3)12(4)13(5)16(15)10-7-2/h6-8,11H,1-3,9-10H2,4-5H3. The Morgan fingerprint density at radius 2 is 1.62 bits per heavy atom. The summed E-state index contributed by atoms with van der Waals surface area (Å²) in [6.45, 7) is 15.8. The van der Waals surface area contributed by atoms with Crippen LogP contribution >= 0.6 is 0 Å². The van der Waals surface area contributed by atoms with Crippen molar-refractivity contribution in [1.29, 1.82) is 0 Å². The van der Waals surface area contributed by atoms with Gasteiger partial charge in [0.05, 0.1) is 0 Å². The molecule has 0 amide bonds. The SMILES string of the molecule is C=CCc1cc(C=C)c(C)c(C)c1CC=C. The molecule has 0 aromatic heterocycles. The van der Waals surface area contributed by atoms with Gasteiger partial charge in [0.15, 0.2) is 0 Å². The molecular weight excluding hydrogens is 192 g/mol. The zero-order chi connectivity index (χ0) is 12.1. The molecule has 0 spiro atoms. The number of rotatable bonds is 5. The molecule has 0 atom stereocenters. The first kappa shape index (κ1) is 12.5. The molecule has 0 aliphatic carbocycles. The van der Waals surface area contributed by atoms with E-state index in [1.165, 1.54) is 27.8 Å². The monoisotopic (exact) mass is 212 g/mol. The normalized spacial score (nSPS) is 9.88. The van der Waals surface area contributed by atoms with Crippen LogP contribution in [0.4, 0.5) is 0 Å². The van der Waals surface area contributed by atoms with Crippen molar-refractivity contribution >= 4 is 6.08 Å². The van der Waals surface area contributed by atoms with E-state index in [1.807, 2.05) is 18.2 Å². The summed E-state index contributed by atoms with van der Waals surface area (Å²) in [5.41, 5.74) is 6.63. The zero-order valence-electron chi connectivity index (χ0n) is 10.3. The minimum atomic E-state index is 0.908. The molecule has 0 fully saturated rings. The third-order valence-corrected chi connectivity index (χ3v) is 3.10. The summed E-state index contributed by atoms with van der Waals surface area (Å²) in [5.74, 6) is 0. The molecule has 1 aromatic carbocycles. The number of hydrogen-bond donors (Lipinski definition) is 0. The summed E-state index contributed by atoms with van der Waals surface area (Å²) in [6.07, 6.45) is 7.66. The lowest BCUT2D eigenvalue weighted by Gasteiger charge is -2.15. The van der Waals surface area contributed by atoms with Crippen LogP contribution in [-0.2, 0) is 12.8 Å². The van der Waals surface area contributed by atoms with Gasteiger partial charge < -0.3 is 0 Å². The number of hydrogen-bond acceptors (Lipinski definition) is 0. The fraction of sp³-hybridized carbons (Fsp3) is 0.250. The molecule has 0 unspecified atom stereocenters. The van der Waals surface area contributed by atoms with Gasteiger partial charge in [-0.25, -0.2) is 0 Å². The average Bonchev–Trinajstić information content (AvgIpc) is 2.28. The second-order valence-electron chi connectivity index (χ2n) is 4.04. The summed E-state index contributed by atoms with van der Waals surface area (Å²) in [6, 6.07) is 2.22. The van der Waals surface area contributed by atoms with E-state index >= 15 is 0 Å². The Morgan fingerprint density at radius 1 is 1.00 bits per heavy atom. The maximum atomic E-state index is 3.86. The van der Waals surface area contributed by atoms with Crippen molar-refractivity contribution < 1.29 is 0 Å². The quantitative estimate of drug-likeness (QED) is 0.634. The Bertz CT molecular complexity index is 422. The van der Waals surface area contributed by atoms with Gasteiger partial charge in [-0.3, -0.25) is 0 Å². The molecule has 0 radical (unpaired) electrons. The smallest absolute Gasteiger partial charge is 0.00946 e. The number of benzene rings is 1. The highest BCUT2D eigenvalue weighted by atomic mass is 14.1. The minimum absolute atomic E-state index is 0.908.